The van der Waals surface area contributed by atoms with Gasteiger partial charge in [0.15, 0.2) is 17.3 Å². The van der Waals surface area contributed by atoms with Crippen molar-refractivity contribution in [3.63, 3.8) is 0 Å². The molecule has 2 atom stereocenters. The molecule has 2 aromatic carbocycles. The Morgan fingerprint density at radius 1 is 1.05 bits per heavy atom. The summed E-state index contributed by atoms with van der Waals surface area (Å²) in [6.45, 7) is -0.636. The minimum absolute atomic E-state index is 0.00994. The smallest absolute Gasteiger partial charge is 0.335 e. The maximum Gasteiger partial charge on any atom is 0.428 e. The molecule has 0 spiro atoms. The summed E-state index contributed by atoms with van der Waals surface area (Å²) in [4.78, 5) is 17.7. The van der Waals surface area contributed by atoms with E-state index in [2.05, 4.69) is 4.84 Å². The number of carbonyl (C=O) groups is 1. The quantitative estimate of drug-likeness (QED) is 0.528. The normalized spacial score (nSPS) is 21.9. The molecule has 1 amide bonds. The first-order valence-corrected chi connectivity index (χ1v) is 12.4. The van der Waals surface area contributed by atoms with E-state index >= 15 is 4.39 Å². The summed E-state index contributed by atoms with van der Waals surface area (Å²) in [6.07, 6.45) is -9.21. The third-order valence-electron chi connectivity index (χ3n) is 6.13. The van der Waals surface area contributed by atoms with E-state index < -0.39 is 63.1 Å². The van der Waals surface area contributed by atoms with Gasteiger partial charge in [0.2, 0.25) is 11.5 Å². The molecule has 2 heterocycles. The molecule has 1 fully saturated rings. The topological polar surface area (TPSA) is 58.6 Å². The largest absolute Gasteiger partial charge is 0.428 e. The van der Waals surface area contributed by atoms with Crippen molar-refractivity contribution in [1.82, 2.24) is 10.4 Å². The Hall–Kier alpha value is -3.07. The zero-order valence-corrected chi connectivity index (χ0v) is 20.0. The van der Waals surface area contributed by atoms with Gasteiger partial charge in [-0.05, 0) is 29.3 Å². The van der Waals surface area contributed by atoms with Crippen LogP contribution in [0.5, 0.6) is 0 Å². The van der Waals surface area contributed by atoms with Gasteiger partial charge in [0, 0.05) is 22.6 Å². The number of halogens is 9. The Morgan fingerprint density at radius 2 is 1.66 bits per heavy atom. The second kappa shape index (κ2) is 9.29. The zero-order chi connectivity index (χ0) is 28.3. The fraction of sp³-hybridized carbons (Fsp3) is 0.348. The number of hydrogen-bond donors (Lipinski definition) is 1. The van der Waals surface area contributed by atoms with E-state index in [9.17, 15) is 44.1 Å². The Labute approximate surface area is 211 Å². The average molecular weight is 572 g/mol. The predicted molar refractivity (Wildman–Crippen MR) is 116 cm³/mol. The van der Waals surface area contributed by atoms with Crippen molar-refractivity contribution in [1.29, 1.82) is 0 Å². The zero-order valence-electron chi connectivity index (χ0n) is 19.1. The van der Waals surface area contributed by atoms with Crippen molar-refractivity contribution < 1.29 is 53.4 Å². The van der Waals surface area contributed by atoms with E-state index in [4.69, 9.17) is 0 Å². The van der Waals surface area contributed by atoms with Gasteiger partial charge >= 0.3 is 12.4 Å². The Balaban J connectivity index is 1.64. The van der Waals surface area contributed by atoms with Crippen LogP contribution in [0.3, 0.4) is 0 Å². The number of nitrogens with zero attached hydrogens (tertiary/aromatic N) is 1. The third kappa shape index (κ3) is 4.88. The molecule has 2 unspecified atom stereocenters. The molecule has 2 aliphatic heterocycles. The van der Waals surface area contributed by atoms with Gasteiger partial charge in [-0.2, -0.15) is 26.3 Å². The first-order chi connectivity index (χ1) is 17.5. The van der Waals surface area contributed by atoms with Crippen molar-refractivity contribution >= 4 is 22.4 Å². The van der Waals surface area contributed by atoms with Gasteiger partial charge in [-0.25, -0.2) is 13.2 Å². The van der Waals surface area contributed by atoms with Gasteiger partial charge < -0.3 is 4.90 Å². The molecule has 2 aromatic rings. The number of hydroxylamine groups is 1. The number of alkyl halides is 7. The van der Waals surface area contributed by atoms with Crippen LogP contribution in [0.4, 0.5) is 39.5 Å². The number of likely N-dealkylation sites (tertiary alicyclic amines) is 1. The molecule has 15 heteroatoms. The molecule has 5 nitrogen and oxygen atoms in total. The van der Waals surface area contributed by atoms with Gasteiger partial charge in [-0.1, -0.05) is 24.3 Å². The molecule has 0 bridgehead atoms. The highest BCUT2D eigenvalue weighted by Crippen LogP contribution is 2.49. The molecular weight excluding hydrogens is 555 g/mol. The lowest BCUT2D eigenvalue weighted by Crippen LogP contribution is -2.59. The fourth-order valence-electron chi connectivity index (χ4n) is 4.13. The summed E-state index contributed by atoms with van der Waals surface area (Å²) in [6, 6.07) is 4.69. The van der Waals surface area contributed by atoms with E-state index in [1.54, 1.807) is 0 Å². The lowest BCUT2D eigenvalue weighted by molar-refractivity contribution is -0.269. The summed E-state index contributed by atoms with van der Waals surface area (Å²) in [5, 5.41) is 0. The SMILES string of the molecule is CS(=O)CC(=O)N1CC(F)(c2ccc(C3=CC(c4cc(F)c(F)c(C(F)(F)F)c4)(C(F)(F)F)ON3)cc2)C1. The molecule has 0 saturated carbocycles. The average Bonchev–Trinajstić information content (AvgIpc) is 3.24. The van der Waals surface area contributed by atoms with Crippen LogP contribution in [-0.2, 0) is 37.9 Å². The molecule has 0 aliphatic carbocycles. The molecule has 206 valence electrons. The highest BCUT2D eigenvalue weighted by Gasteiger charge is 2.60. The summed E-state index contributed by atoms with van der Waals surface area (Å²) in [5.74, 6) is -5.27. The minimum atomic E-state index is -5.49. The number of hydrogen-bond acceptors (Lipinski definition) is 4. The van der Waals surface area contributed by atoms with Crippen LogP contribution in [0, 0.1) is 11.6 Å². The first-order valence-electron chi connectivity index (χ1n) is 10.6. The third-order valence-corrected chi connectivity index (χ3v) is 6.78. The number of rotatable bonds is 5. The maximum atomic E-state index is 15.2. The Bertz CT molecular complexity index is 1320. The maximum absolute atomic E-state index is 15.2. The van der Waals surface area contributed by atoms with E-state index in [1.165, 1.54) is 35.4 Å². The van der Waals surface area contributed by atoms with Crippen molar-refractivity contribution in [2.75, 3.05) is 25.1 Å². The van der Waals surface area contributed by atoms with Crippen LogP contribution in [0.1, 0.15) is 22.3 Å². The van der Waals surface area contributed by atoms with E-state index in [1.807, 2.05) is 5.48 Å². The van der Waals surface area contributed by atoms with Gasteiger partial charge in [0.25, 0.3) is 0 Å². The first kappa shape index (κ1) is 28.0. The Kier molecular flexibility index (Phi) is 6.83. The molecule has 1 N–H and O–H groups in total. The summed E-state index contributed by atoms with van der Waals surface area (Å²) >= 11 is 0. The van der Waals surface area contributed by atoms with Crippen LogP contribution in [-0.4, -0.2) is 46.3 Å². The number of benzene rings is 2. The van der Waals surface area contributed by atoms with Crippen molar-refractivity contribution in [2.45, 2.75) is 23.6 Å². The number of amides is 1. The van der Waals surface area contributed by atoms with E-state index in [-0.39, 0.29) is 47.8 Å². The van der Waals surface area contributed by atoms with Gasteiger partial charge in [0.05, 0.1) is 24.4 Å². The van der Waals surface area contributed by atoms with E-state index in [0.717, 1.165) is 0 Å². The van der Waals surface area contributed by atoms with Crippen LogP contribution >= 0.6 is 0 Å². The highest BCUT2D eigenvalue weighted by molar-refractivity contribution is 7.85. The van der Waals surface area contributed by atoms with Crippen LogP contribution in [0.2, 0.25) is 0 Å². The lowest BCUT2D eigenvalue weighted by atomic mass is 9.86. The molecule has 0 aromatic heterocycles. The molecule has 4 rings (SSSR count). The molecule has 1 saturated heterocycles. The Morgan fingerprint density at radius 3 is 2.18 bits per heavy atom. The molecule has 2 aliphatic rings. The van der Waals surface area contributed by atoms with Crippen molar-refractivity contribution in [2.24, 2.45) is 0 Å². The fourth-order valence-corrected chi connectivity index (χ4v) is 4.66. The van der Waals surface area contributed by atoms with Crippen LogP contribution in [0.25, 0.3) is 5.70 Å². The van der Waals surface area contributed by atoms with Crippen molar-refractivity contribution in [3.05, 3.63) is 76.4 Å². The second-order valence-corrected chi connectivity index (χ2v) is 10.3. The van der Waals surface area contributed by atoms with Gasteiger partial charge in [0.1, 0.15) is 5.75 Å². The molecular formula is C23H17F9N2O3S. The van der Waals surface area contributed by atoms with E-state index in [0.29, 0.717) is 6.08 Å². The number of carbonyl (C=O) groups excluding carboxylic acids is 1. The summed E-state index contributed by atoms with van der Waals surface area (Å²) < 4.78 is 136. The van der Waals surface area contributed by atoms with Gasteiger partial charge in [-0.15, -0.1) is 0 Å². The van der Waals surface area contributed by atoms with Gasteiger partial charge in [-0.3, -0.25) is 19.3 Å². The lowest BCUT2D eigenvalue weighted by Gasteiger charge is -2.44. The molecule has 38 heavy (non-hydrogen) atoms. The van der Waals surface area contributed by atoms with Crippen LogP contribution < -0.4 is 5.48 Å². The second-order valence-electron chi connectivity index (χ2n) is 8.82. The standard InChI is InChI=1S/C23H17F9N2O3S/c1-38(36)9-18(35)34-10-20(26,11-34)13-4-2-12(3-5-13)17-8-21(37-33-17,23(30,31)32)14-6-15(22(27,28)29)19(25)16(24)7-14/h2-8,33H,9-11H2,1H3. The highest BCUT2D eigenvalue weighted by atomic mass is 32.2. The number of nitrogens with one attached hydrogen (secondary N) is 1. The van der Waals surface area contributed by atoms with Crippen LogP contribution in [0.15, 0.2) is 42.5 Å². The van der Waals surface area contributed by atoms with Crippen molar-refractivity contribution in [3.8, 4) is 0 Å². The minimum Gasteiger partial charge on any atom is -0.335 e. The monoisotopic (exact) mass is 572 g/mol. The predicted octanol–water partition coefficient (Wildman–Crippen LogP) is 4.70. The summed E-state index contributed by atoms with van der Waals surface area (Å²) in [5.41, 5.74) is -7.47. The molecule has 0 radical (unpaired) electrons. The summed E-state index contributed by atoms with van der Waals surface area (Å²) in [7, 11) is -1.41.